The summed E-state index contributed by atoms with van der Waals surface area (Å²) in [5, 5.41) is 9.35. The lowest BCUT2D eigenvalue weighted by Crippen LogP contribution is -1.96. The highest BCUT2D eigenvalue weighted by molar-refractivity contribution is 9.10. The van der Waals surface area contributed by atoms with E-state index >= 15 is 0 Å². The molecule has 0 saturated carbocycles. The smallest absolute Gasteiger partial charge is 0.134 e. The molecule has 1 N–H and O–H groups in total. The SMILES string of the molecule is COc1ccc(OCc2cccc(O)c2)c(Br)c1. The van der Waals surface area contributed by atoms with Crippen molar-refractivity contribution in [3.63, 3.8) is 0 Å². The van der Waals surface area contributed by atoms with Gasteiger partial charge >= 0.3 is 0 Å². The first-order valence-electron chi connectivity index (χ1n) is 5.43. The lowest BCUT2D eigenvalue weighted by molar-refractivity contribution is 0.302. The van der Waals surface area contributed by atoms with Crippen LogP contribution in [0.1, 0.15) is 5.56 Å². The average molecular weight is 309 g/mol. The minimum Gasteiger partial charge on any atom is -0.508 e. The summed E-state index contributed by atoms with van der Waals surface area (Å²) in [7, 11) is 1.62. The van der Waals surface area contributed by atoms with E-state index in [1.54, 1.807) is 25.3 Å². The largest absolute Gasteiger partial charge is 0.508 e. The Labute approximate surface area is 114 Å². The van der Waals surface area contributed by atoms with Crippen molar-refractivity contribution in [2.45, 2.75) is 6.61 Å². The second kappa shape index (κ2) is 5.78. The van der Waals surface area contributed by atoms with Crippen molar-refractivity contribution >= 4 is 15.9 Å². The van der Waals surface area contributed by atoms with Crippen LogP contribution in [-0.2, 0) is 6.61 Å². The minimum atomic E-state index is 0.241. The molecule has 0 aromatic heterocycles. The first-order chi connectivity index (χ1) is 8.69. The fraction of sp³-hybridized carbons (Fsp3) is 0.143. The van der Waals surface area contributed by atoms with Gasteiger partial charge in [0, 0.05) is 0 Å². The van der Waals surface area contributed by atoms with E-state index in [2.05, 4.69) is 15.9 Å². The van der Waals surface area contributed by atoms with Crippen LogP contribution in [-0.4, -0.2) is 12.2 Å². The fourth-order valence-corrected chi connectivity index (χ4v) is 2.01. The molecule has 2 aromatic carbocycles. The van der Waals surface area contributed by atoms with Crippen LogP contribution in [0.15, 0.2) is 46.9 Å². The Morgan fingerprint density at radius 2 is 2.00 bits per heavy atom. The van der Waals surface area contributed by atoms with Crippen molar-refractivity contribution in [1.29, 1.82) is 0 Å². The molecule has 0 spiro atoms. The Hall–Kier alpha value is -1.68. The van der Waals surface area contributed by atoms with E-state index < -0.39 is 0 Å². The van der Waals surface area contributed by atoms with Crippen LogP contribution < -0.4 is 9.47 Å². The van der Waals surface area contributed by atoms with E-state index in [9.17, 15) is 5.11 Å². The van der Waals surface area contributed by atoms with Crippen molar-refractivity contribution < 1.29 is 14.6 Å². The monoisotopic (exact) mass is 308 g/mol. The zero-order valence-electron chi connectivity index (χ0n) is 9.89. The number of ether oxygens (including phenoxy) is 2. The Kier molecular flexibility index (Phi) is 4.10. The number of phenolic OH excluding ortho intramolecular Hbond substituents is 1. The number of benzene rings is 2. The number of hydrogen-bond acceptors (Lipinski definition) is 3. The highest BCUT2D eigenvalue weighted by Crippen LogP contribution is 2.29. The van der Waals surface area contributed by atoms with Crippen LogP contribution >= 0.6 is 15.9 Å². The van der Waals surface area contributed by atoms with E-state index in [-0.39, 0.29) is 5.75 Å². The summed E-state index contributed by atoms with van der Waals surface area (Å²) in [4.78, 5) is 0. The topological polar surface area (TPSA) is 38.7 Å². The van der Waals surface area contributed by atoms with Gasteiger partial charge in [0.05, 0.1) is 11.6 Å². The van der Waals surface area contributed by atoms with Gasteiger partial charge in [0.15, 0.2) is 0 Å². The summed E-state index contributed by atoms with van der Waals surface area (Å²) in [6.45, 7) is 0.402. The number of hydrogen-bond donors (Lipinski definition) is 1. The molecule has 0 fully saturated rings. The van der Waals surface area contributed by atoms with Crippen LogP contribution in [0.25, 0.3) is 0 Å². The minimum absolute atomic E-state index is 0.241. The van der Waals surface area contributed by atoms with Gasteiger partial charge in [-0.1, -0.05) is 12.1 Å². The third kappa shape index (κ3) is 3.17. The number of phenols is 1. The predicted molar refractivity (Wildman–Crippen MR) is 73.1 cm³/mol. The van der Waals surface area contributed by atoms with Gasteiger partial charge < -0.3 is 14.6 Å². The maximum Gasteiger partial charge on any atom is 0.134 e. The number of halogens is 1. The predicted octanol–water partition coefficient (Wildman–Crippen LogP) is 3.74. The summed E-state index contributed by atoms with van der Waals surface area (Å²) in [5.41, 5.74) is 0.915. The first-order valence-corrected chi connectivity index (χ1v) is 6.22. The third-order valence-electron chi connectivity index (χ3n) is 2.44. The van der Waals surface area contributed by atoms with Crippen LogP contribution in [0.5, 0.6) is 17.2 Å². The molecule has 18 heavy (non-hydrogen) atoms. The standard InChI is InChI=1S/C14H13BrO3/c1-17-12-5-6-14(13(15)8-12)18-9-10-3-2-4-11(16)7-10/h2-8,16H,9H2,1H3. The molecular weight excluding hydrogens is 296 g/mol. The summed E-state index contributed by atoms with van der Waals surface area (Å²) in [6, 6.07) is 12.5. The van der Waals surface area contributed by atoms with Gasteiger partial charge in [0.25, 0.3) is 0 Å². The summed E-state index contributed by atoms with van der Waals surface area (Å²) < 4.78 is 11.6. The second-order valence-corrected chi connectivity index (χ2v) is 4.61. The molecule has 2 rings (SSSR count). The van der Waals surface area contributed by atoms with Crippen molar-refractivity contribution in [3.05, 3.63) is 52.5 Å². The summed E-state index contributed by atoms with van der Waals surface area (Å²) in [5.74, 6) is 1.75. The van der Waals surface area contributed by atoms with Crippen LogP contribution in [0.2, 0.25) is 0 Å². The lowest BCUT2D eigenvalue weighted by atomic mass is 10.2. The van der Waals surface area contributed by atoms with Gasteiger partial charge in [-0.05, 0) is 51.8 Å². The van der Waals surface area contributed by atoms with Crippen LogP contribution in [0.3, 0.4) is 0 Å². The fourth-order valence-electron chi connectivity index (χ4n) is 1.53. The maximum atomic E-state index is 9.35. The van der Waals surface area contributed by atoms with Crippen molar-refractivity contribution in [2.75, 3.05) is 7.11 Å². The molecule has 0 amide bonds. The zero-order valence-corrected chi connectivity index (χ0v) is 11.5. The molecule has 0 aliphatic heterocycles. The quantitative estimate of drug-likeness (QED) is 0.935. The molecule has 0 aliphatic carbocycles. The molecule has 2 aromatic rings. The molecule has 0 atom stereocenters. The molecule has 0 bridgehead atoms. The van der Waals surface area contributed by atoms with E-state index in [4.69, 9.17) is 9.47 Å². The van der Waals surface area contributed by atoms with Crippen molar-refractivity contribution in [2.24, 2.45) is 0 Å². The zero-order chi connectivity index (χ0) is 13.0. The Bertz CT molecular complexity index is 540. The van der Waals surface area contributed by atoms with Gasteiger partial charge in [-0.25, -0.2) is 0 Å². The van der Waals surface area contributed by atoms with E-state index in [1.807, 2.05) is 24.3 Å². The molecule has 0 unspecified atom stereocenters. The van der Waals surface area contributed by atoms with Crippen LogP contribution in [0.4, 0.5) is 0 Å². The molecule has 0 radical (unpaired) electrons. The highest BCUT2D eigenvalue weighted by Gasteiger charge is 2.03. The molecule has 3 nitrogen and oxygen atoms in total. The number of aromatic hydroxyl groups is 1. The van der Waals surface area contributed by atoms with Gasteiger partial charge in [0.2, 0.25) is 0 Å². The van der Waals surface area contributed by atoms with Gasteiger partial charge in [0.1, 0.15) is 23.9 Å². The third-order valence-corrected chi connectivity index (χ3v) is 3.06. The lowest BCUT2D eigenvalue weighted by Gasteiger charge is -2.09. The Balaban J connectivity index is 2.06. The highest BCUT2D eigenvalue weighted by atomic mass is 79.9. The number of methoxy groups -OCH3 is 1. The van der Waals surface area contributed by atoms with Crippen LogP contribution in [0, 0.1) is 0 Å². The normalized spacial score (nSPS) is 10.1. The molecular formula is C14H13BrO3. The molecule has 94 valence electrons. The van der Waals surface area contributed by atoms with Gasteiger partial charge in [-0.2, -0.15) is 0 Å². The maximum absolute atomic E-state index is 9.35. The van der Waals surface area contributed by atoms with Crippen molar-refractivity contribution in [1.82, 2.24) is 0 Å². The Morgan fingerprint density at radius 1 is 1.17 bits per heavy atom. The summed E-state index contributed by atoms with van der Waals surface area (Å²) in [6.07, 6.45) is 0. The van der Waals surface area contributed by atoms with E-state index in [0.717, 1.165) is 21.5 Å². The molecule has 0 aliphatic rings. The van der Waals surface area contributed by atoms with E-state index in [1.165, 1.54) is 0 Å². The molecule has 4 heteroatoms. The van der Waals surface area contributed by atoms with E-state index in [0.29, 0.717) is 6.61 Å². The van der Waals surface area contributed by atoms with Gasteiger partial charge in [-0.3, -0.25) is 0 Å². The average Bonchev–Trinajstić information content (AvgIpc) is 2.37. The molecule has 0 heterocycles. The first kappa shape index (κ1) is 12.8. The molecule has 0 saturated heterocycles. The summed E-state index contributed by atoms with van der Waals surface area (Å²) >= 11 is 3.42. The number of rotatable bonds is 4. The second-order valence-electron chi connectivity index (χ2n) is 3.75. The van der Waals surface area contributed by atoms with Crippen molar-refractivity contribution in [3.8, 4) is 17.2 Å². The van der Waals surface area contributed by atoms with Gasteiger partial charge in [-0.15, -0.1) is 0 Å². The Morgan fingerprint density at radius 3 is 2.67 bits per heavy atom.